The van der Waals surface area contributed by atoms with Crippen LogP contribution in [0, 0.1) is 6.92 Å². The number of hydrogen-bond acceptors (Lipinski definition) is 1. The Morgan fingerprint density at radius 1 is 1.10 bits per heavy atom. The second-order valence-corrected chi connectivity index (χ2v) is 6.43. The smallest absolute Gasteiger partial charge is 0.132 e. The Bertz CT molecular complexity index is 822. The van der Waals surface area contributed by atoms with Gasteiger partial charge in [-0.1, -0.05) is 35.3 Å². The summed E-state index contributed by atoms with van der Waals surface area (Å²) in [5.74, 6) is 0.791. The third kappa shape index (κ3) is 2.52. The van der Waals surface area contributed by atoms with E-state index in [1.807, 2.05) is 35.8 Å². The summed E-state index contributed by atoms with van der Waals surface area (Å²) in [7, 11) is 0. The van der Waals surface area contributed by atoms with Crippen molar-refractivity contribution in [3.05, 3.63) is 57.8 Å². The van der Waals surface area contributed by atoms with Crippen LogP contribution >= 0.6 is 34.8 Å². The summed E-state index contributed by atoms with van der Waals surface area (Å²) < 4.78 is 2.05. The number of rotatable bonds is 2. The molecular formula is C16H13Cl3N2. The van der Waals surface area contributed by atoms with E-state index in [2.05, 4.69) is 18.0 Å². The molecule has 3 rings (SSSR count). The molecule has 5 heteroatoms. The molecule has 0 saturated heterocycles. The third-order valence-corrected chi connectivity index (χ3v) is 4.36. The highest BCUT2D eigenvalue weighted by Gasteiger charge is 2.18. The Morgan fingerprint density at radius 3 is 2.52 bits per heavy atom. The van der Waals surface area contributed by atoms with Crippen LogP contribution in [0.2, 0.25) is 10.0 Å². The molecule has 0 aliphatic heterocycles. The standard InChI is InChI=1S/C16H13Cl3N2/c1-9-4-3-5-14-15(9)21(16(20-14)10(2)17)11-6-7-12(18)13(19)8-11/h3-8,10H,1-2H3. The average molecular weight is 340 g/mol. The van der Waals surface area contributed by atoms with E-state index in [9.17, 15) is 0 Å². The number of aryl methyl sites for hydroxylation is 1. The molecule has 1 heterocycles. The van der Waals surface area contributed by atoms with E-state index < -0.39 is 0 Å². The Kier molecular flexibility index (Phi) is 3.87. The van der Waals surface area contributed by atoms with Crippen LogP contribution in [0.5, 0.6) is 0 Å². The van der Waals surface area contributed by atoms with Crippen molar-refractivity contribution in [3.8, 4) is 5.69 Å². The predicted molar refractivity (Wildman–Crippen MR) is 90.1 cm³/mol. The van der Waals surface area contributed by atoms with Gasteiger partial charge in [0, 0.05) is 5.69 Å². The van der Waals surface area contributed by atoms with E-state index in [1.54, 1.807) is 6.07 Å². The summed E-state index contributed by atoms with van der Waals surface area (Å²) in [5.41, 5.74) is 4.00. The fourth-order valence-electron chi connectivity index (χ4n) is 2.46. The molecule has 0 radical (unpaired) electrons. The van der Waals surface area contributed by atoms with Crippen LogP contribution in [-0.2, 0) is 0 Å². The van der Waals surface area contributed by atoms with Crippen molar-refractivity contribution < 1.29 is 0 Å². The number of benzene rings is 2. The fourth-order valence-corrected chi connectivity index (χ4v) is 2.90. The number of hydrogen-bond donors (Lipinski definition) is 0. The van der Waals surface area contributed by atoms with Crippen LogP contribution in [0.4, 0.5) is 0 Å². The first-order valence-corrected chi connectivity index (χ1v) is 7.75. The van der Waals surface area contributed by atoms with Crippen LogP contribution < -0.4 is 0 Å². The molecule has 1 atom stereocenters. The van der Waals surface area contributed by atoms with E-state index in [4.69, 9.17) is 34.8 Å². The first-order chi connectivity index (χ1) is 9.99. The molecule has 0 N–H and O–H groups in total. The zero-order chi connectivity index (χ0) is 15.1. The highest BCUT2D eigenvalue weighted by atomic mass is 35.5. The molecule has 3 aromatic rings. The van der Waals surface area contributed by atoms with Gasteiger partial charge in [0.05, 0.1) is 26.5 Å². The van der Waals surface area contributed by atoms with Gasteiger partial charge in [-0.05, 0) is 43.7 Å². The zero-order valence-corrected chi connectivity index (χ0v) is 13.8. The summed E-state index contributed by atoms with van der Waals surface area (Å²) in [5, 5.41) is 0.825. The van der Waals surface area contributed by atoms with E-state index in [0.29, 0.717) is 10.0 Å². The molecule has 0 saturated carbocycles. The molecule has 21 heavy (non-hydrogen) atoms. The monoisotopic (exact) mass is 338 g/mol. The maximum Gasteiger partial charge on any atom is 0.132 e. The fraction of sp³-hybridized carbons (Fsp3) is 0.188. The lowest BCUT2D eigenvalue weighted by Gasteiger charge is -2.12. The van der Waals surface area contributed by atoms with Crippen molar-refractivity contribution >= 4 is 45.8 Å². The summed E-state index contributed by atoms with van der Waals surface area (Å²) >= 11 is 18.5. The number of imidazole rings is 1. The van der Waals surface area contributed by atoms with Gasteiger partial charge in [-0.25, -0.2) is 4.98 Å². The average Bonchev–Trinajstić information content (AvgIpc) is 2.83. The highest BCUT2D eigenvalue weighted by Crippen LogP contribution is 2.32. The summed E-state index contributed by atoms with van der Waals surface area (Å²) in [6, 6.07) is 11.6. The first kappa shape index (κ1) is 14.7. The number of alkyl halides is 1. The molecule has 2 nitrogen and oxygen atoms in total. The van der Waals surface area contributed by atoms with Gasteiger partial charge in [-0.2, -0.15) is 0 Å². The number of para-hydroxylation sites is 1. The molecule has 2 aromatic carbocycles. The Balaban J connectivity index is 2.38. The Labute approximate surface area is 138 Å². The first-order valence-electron chi connectivity index (χ1n) is 6.56. The topological polar surface area (TPSA) is 17.8 Å². The molecule has 1 aromatic heterocycles. The number of aromatic nitrogens is 2. The van der Waals surface area contributed by atoms with E-state index in [-0.39, 0.29) is 5.38 Å². The van der Waals surface area contributed by atoms with Crippen molar-refractivity contribution in [1.82, 2.24) is 9.55 Å². The van der Waals surface area contributed by atoms with Gasteiger partial charge in [0.25, 0.3) is 0 Å². The van der Waals surface area contributed by atoms with Gasteiger partial charge in [-0.15, -0.1) is 11.6 Å². The highest BCUT2D eigenvalue weighted by molar-refractivity contribution is 6.42. The van der Waals surface area contributed by atoms with Gasteiger partial charge in [-0.3, -0.25) is 4.57 Å². The number of fused-ring (bicyclic) bond motifs is 1. The minimum Gasteiger partial charge on any atom is -0.295 e. The molecule has 0 amide bonds. The quantitative estimate of drug-likeness (QED) is 0.528. The minimum absolute atomic E-state index is 0.216. The minimum atomic E-state index is -0.216. The van der Waals surface area contributed by atoms with Crippen LogP contribution in [0.3, 0.4) is 0 Å². The van der Waals surface area contributed by atoms with E-state index >= 15 is 0 Å². The molecule has 0 aliphatic rings. The summed E-state index contributed by atoms with van der Waals surface area (Å²) in [6.45, 7) is 3.97. The van der Waals surface area contributed by atoms with Crippen molar-refractivity contribution in [2.24, 2.45) is 0 Å². The molecule has 0 aliphatic carbocycles. The second kappa shape index (κ2) is 5.53. The van der Waals surface area contributed by atoms with Crippen LogP contribution in [-0.4, -0.2) is 9.55 Å². The molecular weight excluding hydrogens is 327 g/mol. The second-order valence-electron chi connectivity index (χ2n) is 4.96. The lowest BCUT2D eigenvalue weighted by molar-refractivity contribution is 0.881. The van der Waals surface area contributed by atoms with E-state index in [1.165, 1.54) is 0 Å². The SMILES string of the molecule is Cc1cccc2nc(C(C)Cl)n(-c3ccc(Cl)c(Cl)c3)c12. The van der Waals surface area contributed by atoms with Gasteiger partial charge in [0.15, 0.2) is 0 Å². The largest absolute Gasteiger partial charge is 0.295 e. The van der Waals surface area contributed by atoms with Gasteiger partial charge in [0.2, 0.25) is 0 Å². The number of halogens is 3. The molecule has 0 fully saturated rings. The molecule has 1 unspecified atom stereocenters. The lowest BCUT2D eigenvalue weighted by Crippen LogP contribution is -2.02. The Morgan fingerprint density at radius 2 is 1.86 bits per heavy atom. The van der Waals surface area contributed by atoms with Gasteiger partial charge in [0.1, 0.15) is 5.82 Å². The molecule has 0 spiro atoms. The number of nitrogens with zero attached hydrogens (tertiary/aromatic N) is 2. The van der Waals surface area contributed by atoms with Crippen LogP contribution in [0.1, 0.15) is 23.7 Å². The van der Waals surface area contributed by atoms with Crippen molar-refractivity contribution in [1.29, 1.82) is 0 Å². The zero-order valence-electron chi connectivity index (χ0n) is 11.6. The molecule has 108 valence electrons. The normalized spacial score (nSPS) is 12.8. The maximum absolute atomic E-state index is 6.31. The third-order valence-electron chi connectivity index (χ3n) is 3.42. The summed E-state index contributed by atoms with van der Waals surface area (Å²) in [6.07, 6.45) is 0. The van der Waals surface area contributed by atoms with Crippen molar-refractivity contribution in [2.75, 3.05) is 0 Å². The van der Waals surface area contributed by atoms with Gasteiger partial charge >= 0.3 is 0 Å². The van der Waals surface area contributed by atoms with Crippen LogP contribution in [0.15, 0.2) is 36.4 Å². The Hall–Kier alpha value is -1.22. The van der Waals surface area contributed by atoms with Gasteiger partial charge < -0.3 is 0 Å². The summed E-state index contributed by atoms with van der Waals surface area (Å²) in [4.78, 5) is 4.66. The van der Waals surface area contributed by atoms with Crippen molar-refractivity contribution in [2.45, 2.75) is 19.2 Å². The molecule has 0 bridgehead atoms. The maximum atomic E-state index is 6.31. The van der Waals surface area contributed by atoms with Crippen LogP contribution in [0.25, 0.3) is 16.7 Å². The van der Waals surface area contributed by atoms with Crippen molar-refractivity contribution in [3.63, 3.8) is 0 Å². The predicted octanol–water partition coefficient (Wildman–Crippen LogP) is 5.94. The van der Waals surface area contributed by atoms with E-state index in [0.717, 1.165) is 28.1 Å². The lowest BCUT2D eigenvalue weighted by atomic mass is 10.2.